The Balaban J connectivity index is 2.67. The minimum Gasteiger partial charge on any atom is -0.492 e. The molecule has 0 aromatic carbocycles. The number of rotatable bonds is 5. The van der Waals surface area contributed by atoms with Gasteiger partial charge in [0.15, 0.2) is 5.76 Å². The highest BCUT2D eigenvalue weighted by Crippen LogP contribution is 2.39. The van der Waals surface area contributed by atoms with Crippen LogP contribution in [0.2, 0.25) is 0 Å². The third kappa shape index (κ3) is 2.79. The lowest BCUT2D eigenvalue weighted by atomic mass is 10.1. The average molecular weight is 224 g/mol. The quantitative estimate of drug-likeness (QED) is 0.672. The van der Waals surface area contributed by atoms with Crippen molar-refractivity contribution in [3.05, 3.63) is 10.7 Å². The van der Waals surface area contributed by atoms with Crippen LogP contribution in [0.1, 0.15) is 32.6 Å². The van der Waals surface area contributed by atoms with Crippen molar-refractivity contribution in [3.8, 4) is 12.3 Å². The molecule has 2 nitrogen and oxygen atoms in total. The van der Waals surface area contributed by atoms with Crippen LogP contribution in [-0.2, 0) is 9.53 Å². The first-order valence-corrected chi connectivity index (χ1v) is 6.04. The van der Waals surface area contributed by atoms with Gasteiger partial charge in [0.2, 0.25) is 5.78 Å². The van der Waals surface area contributed by atoms with Gasteiger partial charge >= 0.3 is 0 Å². The molecule has 0 radical (unpaired) electrons. The third-order valence-electron chi connectivity index (χ3n) is 2.34. The van der Waals surface area contributed by atoms with Gasteiger partial charge in [-0.3, -0.25) is 4.79 Å². The molecular formula is C12H16O2S. The lowest BCUT2D eigenvalue weighted by Crippen LogP contribution is -2.14. The molecule has 82 valence electrons. The standard InChI is InChI=1S/C12H16O2S/c1-4-6-8-9-11(13)12(14-3)10(15-9)7-5-2/h2,9H,4,6-8H2,1,3H3. The number of carbonyl (C=O) groups excluding carboxylic acids is 1. The van der Waals surface area contributed by atoms with Gasteiger partial charge in [0.1, 0.15) is 0 Å². The summed E-state index contributed by atoms with van der Waals surface area (Å²) in [4.78, 5) is 12.8. The Labute approximate surface area is 95.5 Å². The SMILES string of the molecule is C#CCC1=C(OC)C(=O)C(CCCC)S1. The first-order chi connectivity index (χ1) is 7.24. The van der Waals surface area contributed by atoms with Gasteiger partial charge in [0.25, 0.3) is 0 Å². The van der Waals surface area contributed by atoms with Crippen molar-refractivity contribution in [1.29, 1.82) is 0 Å². The molecule has 0 aliphatic carbocycles. The molecule has 0 fully saturated rings. The van der Waals surface area contributed by atoms with E-state index in [1.165, 1.54) is 7.11 Å². The Morgan fingerprint density at radius 1 is 1.60 bits per heavy atom. The molecule has 0 saturated heterocycles. The molecule has 3 heteroatoms. The number of unbranched alkanes of at least 4 members (excludes halogenated alkanes) is 1. The summed E-state index contributed by atoms with van der Waals surface area (Å²) in [6.07, 6.45) is 8.85. The number of methoxy groups -OCH3 is 1. The number of Topliss-reactive ketones (excluding diaryl/α,β-unsaturated/α-hetero) is 1. The molecule has 1 rings (SSSR count). The van der Waals surface area contributed by atoms with E-state index in [2.05, 4.69) is 12.8 Å². The minimum atomic E-state index is 0.0308. The Kier molecular flexibility index (Phi) is 4.77. The van der Waals surface area contributed by atoms with Crippen LogP contribution in [0.3, 0.4) is 0 Å². The number of hydrogen-bond donors (Lipinski definition) is 0. The number of terminal acetylenes is 1. The number of hydrogen-bond acceptors (Lipinski definition) is 3. The number of carbonyl (C=O) groups is 1. The van der Waals surface area contributed by atoms with Crippen molar-refractivity contribution in [2.45, 2.75) is 37.9 Å². The summed E-state index contributed by atoms with van der Waals surface area (Å²) < 4.78 is 5.11. The Morgan fingerprint density at radius 3 is 2.87 bits per heavy atom. The monoisotopic (exact) mass is 224 g/mol. The largest absolute Gasteiger partial charge is 0.492 e. The fourth-order valence-corrected chi connectivity index (χ4v) is 2.87. The maximum Gasteiger partial charge on any atom is 0.211 e. The molecule has 1 heterocycles. The predicted molar refractivity (Wildman–Crippen MR) is 63.4 cm³/mol. The molecule has 0 saturated carbocycles. The topological polar surface area (TPSA) is 26.3 Å². The molecule has 1 aliphatic rings. The van der Waals surface area contributed by atoms with Crippen LogP contribution in [0, 0.1) is 12.3 Å². The fraction of sp³-hybridized carbons (Fsp3) is 0.583. The van der Waals surface area contributed by atoms with Crippen LogP contribution < -0.4 is 0 Å². The summed E-state index contributed by atoms with van der Waals surface area (Å²) in [6, 6.07) is 0. The molecule has 0 amide bonds. The normalized spacial score (nSPS) is 20.6. The van der Waals surface area contributed by atoms with Gasteiger partial charge in [-0.05, 0) is 6.42 Å². The maximum atomic E-state index is 11.9. The van der Waals surface area contributed by atoms with E-state index in [1.807, 2.05) is 0 Å². The lowest BCUT2D eigenvalue weighted by molar-refractivity contribution is -0.117. The molecule has 0 spiro atoms. The molecule has 1 aliphatic heterocycles. The highest BCUT2D eigenvalue weighted by molar-refractivity contribution is 8.04. The van der Waals surface area contributed by atoms with Gasteiger partial charge in [-0.1, -0.05) is 19.8 Å². The molecule has 1 atom stereocenters. The summed E-state index contributed by atoms with van der Waals surface area (Å²) >= 11 is 1.58. The zero-order valence-electron chi connectivity index (χ0n) is 9.21. The molecular weight excluding hydrogens is 208 g/mol. The second-order valence-corrected chi connectivity index (χ2v) is 4.75. The van der Waals surface area contributed by atoms with Crippen LogP contribution in [0.15, 0.2) is 10.7 Å². The van der Waals surface area contributed by atoms with Crippen molar-refractivity contribution in [3.63, 3.8) is 0 Å². The van der Waals surface area contributed by atoms with E-state index in [1.54, 1.807) is 11.8 Å². The fourth-order valence-electron chi connectivity index (χ4n) is 1.57. The van der Waals surface area contributed by atoms with E-state index in [0.29, 0.717) is 12.2 Å². The van der Waals surface area contributed by atoms with Crippen molar-refractivity contribution < 1.29 is 9.53 Å². The first kappa shape index (κ1) is 12.2. The second kappa shape index (κ2) is 5.87. The predicted octanol–water partition coefficient (Wildman–Crippen LogP) is 2.74. The van der Waals surface area contributed by atoms with E-state index < -0.39 is 0 Å². The average Bonchev–Trinajstić information content (AvgIpc) is 2.52. The molecule has 0 N–H and O–H groups in total. The summed E-state index contributed by atoms with van der Waals surface area (Å²) in [7, 11) is 1.53. The second-order valence-electron chi connectivity index (χ2n) is 3.45. The molecule has 0 aromatic rings. The number of ketones is 1. The van der Waals surface area contributed by atoms with Gasteiger partial charge < -0.3 is 4.74 Å². The summed E-state index contributed by atoms with van der Waals surface area (Å²) in [5, 5.41) is 0.0308. The summed E-state index contributed by atoms with van der Waals surface area (Å²) in [5.74, 6) is 3.16. The van der Waals surface area contributed by atoms with Gasteiger partial charge in [0.05, 0.1) is 12.4 Å². The van der Waals surface area contributed by atoms with E-state index in [9.17, 15) is 4.79 Å². The number of allylic oxidation sites excluding steroid dienone is 2. The summed E-state index contributed by atoms with van der Waals surface area (Å²) in [5.41, 5.74) is 0. The maximum absolute atomic E-state index is 11.9. The number of ether oxygens (including phenoxy) is 1. The van der Waals surface area contributed by atoms with Crippen molar-refractivity contribution in [1.82, 2.24) is 0 Å². The van der Waals surface area contributed by atoms with Gasteiger partial charge in [-0.15, -0.1) is 24.1 Å². The molecule has 1 unspecified atom stereocenters. The Bertz CT molecular complexity index is 312. The molecule has 0 aromatic heterocycles. The van der Waals surface area contributed by atoms with E-state index >= 15 is 0 Å². The van der Waals surface area contributed by atoms with Crippen molar-refractivity contribution in [2.24, 2.45) is 0 Å². The summed E-state index contributed by atoms with van der Waals surface area (Å²) in [6.45, 7) is 2.12. The van der Waals surface area contributed by atoms with Crippen molar-refractivity contribution in [2.75, 3.05) is 7.11 Å². The van der Waals surface area contributed by atoms with E-state index in [-0.39, 0.29) is 11.0 Å². The first-order valence-electron chi connectivity index (χ1n) is 5.16. The smallest absolute Gasteiger partial charge is 0.211 e. The van der Waals surface area contributed by atoms with Crippen LogP contribution in [0.5, 0.6) is 0 Å². The van der Waals surface area contributed by atoms with E-state index in [0.717, 1.165) is 24.2 Å². The lowest BCUT2D eigenvalue weighted by Gasteiger charge is -2.06. The van der Waals surface area contributed by atoms with Crippen LogP contribution in [0.4, 0.5) is 0 Å². The molecule has 0 bridgehead atoms. The Hall–Kier alpha value is -0.880. The Morgan fingerprint density at radius 2 is 2.33 bits per heavy atom. The van der Waals surface area contributed by atoms with Gasteiger partial charge in [-0.25, -0.2) is 0 Å². The zero-order chi connectivity index (χ0) is 11.3. The zero-order valence-corrected chi connectivity index (χ0v) is 10.0. The van der Waals surface area contributed by atoms with Crippen LogP contribution >= 0.6 is 11.8 Å². The van der Waals surface area contributed by atoms with Crippen molar-refractivity contribution >= 4 is 17.5 Å². The van der Waals surface area contributed by atoms with Crippen LogP contribution in [-0.4, -0.2) is 18.1 Å². The number of thioether (sulfide) groups is 1. The van der Waals surface area contributed by atoms with E-state index in [4.69, 9.17) is 11.2 Å². The van der Waals surface area contributed by atoms with Gasteiger partial charge in [-0.2, -0.15) is 0 Å². The van der Waals surface area contributed by atoms with Crippen LogP contribution in [0.25, 0.3) is 0 Å². The minimum absolute atomic E-state index is 0.0308. The molecule has 15 heavy (non-hydrogen) atoms. The third-order valence-corrected chi connectivity index (χ3v) is 3.69. The van der Waals surface area contributed by atoms with Gasteiger partial charge in [0, 0.05) is 11.3 Å². The highest BCUT2D eigenvalue weighted by Gasteiger charge is 2.33. The highest BCUT2D eigenvalue weighted by atomic mass is 32.2.